The van der Waals surface area contributed by atoms with Gasteiger partial charge in [-0.15, -0.1) is 0 Å². The average molecular weight is 351 g/mol. The van der Waals surface area contributed by atoms with E-state index in [9.17, 15) is 9.59 Å². The van der Waals surface area contributed by atoms with Gasteiger partial charge in [0.25, 0.3) is 0 Å². The van der Waals surface area contributed by atoms with E-state index in [1.165, 1.54) is 5.56 Å². The Morgan fingerprint density at radius 3 is 2.46 bits per heavy atom. The Morgan fingerprint density at radius 2 is 1.81 bits per heavy atom. The van der Waals surface area contributed by atoms with E-state index >= 15 is 0 Å². The molecule has 0 radical (unpaired) electrons. The predicted molar refractivity (Wildman–Crippen MR) is 103 cm³/mol. The van der Waals surface area contributed by atoms with E-state index in [0.29, 0.717) is 13.0 Å². The number of benzene rings is 2. The Labute approximate surface area is 154 Å². The lowest BCUT2D eigenvalue weighted by Gasteiger charge is -2.34. The van der Waals surface area contributed by atoms with Crippen LogP contribution in [0.5, 0.6) is 0 Å². The lowest BCUT2D eigenvalue weighted by atomic mass is 9.93. The summed E-state index contributed by atoms with van der Waals surface area (Å²) in [5.41, 5.74) is 5.42. The first-order valence-corrected chi connectivity index (χ1v) is 9.17. The van der Waals surface area contributed by atoms with Crippen LogP contribution in [-0.2, 0) is 27.2 Å². The van der Waals surface area contributed by atoms with Gasteiger partial charge < -0.3 is 9.64 Å². The van der Waals surface area contributed by atoms with Crippen molar-refractivity contribution in [1.29, 1.82) is 0 Å². The summed E-state index contributed by atoms with van der Waals surface area (Å²) >= 11 is 0. The standard InChI is InChI=1S/C22H25NO3/c1-4-26-22(25)13-17-6-9-18(10-7-17)19-11-12-21-20(14-19)8-5-15(2)23(21)16(3)24/h6-7,9-12,14-15H,4-5,8,13H2,1-3H3/t15-/m0/s1. The first-order chi connectivity index (χ1) is 12.5. The number of anilines is 1. The highest BCUT2D eigenvalue weighted by molar-refractivity contribution is 5.94. The Balaban J connectivity index is 1.82. The lowest BCUT2D eigenvalue weighted by molar-refractivity contribution is -0.142. The number of ether oxygens (including phenoxy) is 1. The van der Waals surface area contributed by atoms with Gasteiger partial charge >= 0.3 is 5.97 Å². The van der Waals surface area contributed by atoms with Crippen LogP contribution in [0.3, 0.4) is 0 Å². The Morgan fingerprint density at radius 1 is 1.12 bits per heavy atom. The normalized spacial score (nSPS) is 16.1. The molecule has 1 aliphatic rings. The summed E-state index contributed by atoms with van der Waals surface area (Å²) in [7, 11) is 0. The number of nitrogens with zero attached hydrogens (tertiary/aromatic N) is 1. The summed E-state index contributed by atoms with van der Waals surface area (Å²) < 4.78 is 4.99. The van der Waals surface area contributed by atoms with Crippen molar-refractivity contribution in [3.05, 3.63) is 53.6 Å². The average Bonchev–Trinajstić information content (AvgIpc) is 2.61. The second kappa shape index (κ2) is 7.73. The number of amides is 1. The molecule has 2 aromatic rings. The molecule has 4 nitrogen and oxygen atoms in total. The van der Waals surface area contributed by atoms with Crippen molar-refractivity contribution in [3.63, 3.8) is 0 Å². The van der Waals surface area contributed by atoms with Crippen molar-refractivity contribution in [1.82, 2.24) is 0 Å². The van der Waals surface area contributed by atoms with Gasteiger partial charge in [-0.25, -0.2) is 0 Å². The molecule has 0 aliphatic carbocycles. The van der Waals surface area contributed by atoms with E-state index in [2.05, 4.69) is 19.1 Å². The van der Waals surface area contributed by atoms with Gasteiger partial charge in [-0.1, -0.05) is 30.3 Å². The maximum Gasteiger partial charge on any atom is 0.310 e. The van der Waals surface area contributed by atoms with Crippen molar-refractivity contribution < 1.29 is 14.3 Å². The molecule has 0 unspecified atom stereocenters. The SMILES string of the molecule is CCOC(=O)Cc1ccc(-c2ccc3c(c2)CC[C@H](C)N3C(C)=O)cc1. The fourth-order valence-electron chi connectivity index (χ4n) is 3.60. The monoisotopic (exact) mass is 351 g/mol. The molecular weight excluding hydrogens is 326 g/mol. The zero-order valence-corrected chi connectivity index (χ0v) is 15.6. The highest BCUT2D eigenvalue weighted by atomic mass is 16.5. The fraction of sp³-hybridized carbons (Fsp3) is 0.364. The third kappa shape index (κ3) is 3.79. The fourth-order valence-corrected chi connectivity index (χ4v) is 3.60. The van der Waals surface area contributed by atoms with Crippen LogP contribution in [0.15, 0.2) is 42.5 Å². The van der Waals surface area contributed by atoms with Crippen LogP contribution in [-0.4, -0.2) is 24.5 Å². The molecule has 0 spiro atoms. The summed E-state index contributed by atoms with van der Waals surface area (Å²) in [6, 6.07) is 14.5. The summed E-state index contributed by atoms with van der Waals surface area (Å²) in [6.45, 7) is 5.94. The van der Waals surface area contributed by atoms with E-state index < -0.39 is 0 Å². The molecule has 1 atom stereocenters. The Bertz CT molecular complexity index is 811. The third-order valence-electron chi connectivity index (χ3n) is 4.89. The van der Waals surface area contributed by atoms with Crippen molar-refractivity contribution in [2.24, 2.45) is 0 Å². The van der Waals surface area contributed by atoms with E-state index in [-0.39, 0.29) is 17.9 Å². The summed E-state index contributed by atoms with van der Waals surface area (Å²) in [5.74, 6) is -0.109. The zero-order chi connectivity index (χ0) is 18.7. The molecule has 4 heteroatoms. The molecule has 0 fully saturated rings. The van der Waals surface area contributed by atoms with Crippen LogP contribution in [0.1, 0.15) is 38.3 Å². The van der Waals surface area contributed by atoms with Crippen LogP contribution in [0, 0.1) is 0 Å². The second-order valence-electron chi connectivity index (χ2n) is 6.80. The van der Waals surface area contributed by atoms with Gasteiger partial charge in [0.1, 0.15) is 0 Å². The van der Waals surface area contributed by atoms with Gasteiger partial charge in [0.15, 0.2) is 0 Å². The van der Waals surface area contributed by atoms with E-state index in [4.69, 9.17) is 4.74 Å². The number of hydrogen-bond donors (Lipinski definition) is 0. The van der Waals surface area contributed by atoms with Crippen LogP contribution in [0.25, 0.3) is 11.1 Å². The van der Waals surface area contributed by atoms with Gasteiger partial charge in [0.05, 0.1) is 13.0 Å². The largest absolute Gasteiger partial charge is 0.466 e. The molecule has 0 saturated heterocycles. The van der Waals surface area contributed by atoms with Gasteiger partial charge in [0.2, 0.25) is 5.91 Å². The highest BCUT2D eigenvalue weighted by Gasteiger charge is 2.26. The molecule has 0 aromatic heterocycles. The molecule has 2 aromatic carbocycles. The minimum atomic E-state index is -0.201. The number of aryl methyl sites for hydroxylation is 1. The quantitative estimate of drug-likeness (QED) is 0.778. The van der Waals surface area contributed by atoms with E-state index in [0.717, 1.165) is 35.2 Å². The molecule has 3 rings (SSSR count). The topological polar surface area (TPSA) is 46.6 Å². The first-order valence-electron chi connectivity index (χ1n) is 9.17. The molecule has 0 bridgehead atoms. The maximum absolute atomic E-state index is 12.0. The van der Waals surface area contributed by atoms with Crippen molar-refractivity contribution in [3.8, 4) is 11.1 Å². The highest BCUT2D eigenvalue weighted by Crippen LogP contribution is 2.34. The van der Waals surface area contributed by atoms with Crippen molar-refractivity contribution in [2.45, 2.75) is 46.1 Å². The molecular formula is C22H25NO3. The number of carbonyl (C=O) groups excluding carboxylic acids is 2. The molecule has 1 heterocycles. The van der Waals surface area contributed by atoms with E-state index in [1.54, 1.807) is 6.92 Å². The summed E-state index contributed by atoms with van der Waals surface area (Å²) in [4.78, 5) is 25.5. The number of fused-ring (bicyclic) bond motifs is 1. The Kier molecular flexibility index (Phi) is 5.40. The summed E-state index contributed by atoms with van der Waals surface area (Å²) in [6.07, 6.45) is 2.26. The van der Waals surface area contributed by atoms with E-state index in [1.807, 2.05) is 42.2 Å². The van der Waals surface area contributed by atoms with Crippen molar-refractivity contribution >= 4 is 17.6 Å². The second-order valence-corrected chi connectivity index (χ2v) is 6.80. The van der Waals surface area contributed by atoms with Gasteiger partial charge in [-0.2, -0.15) is 0 Å². The van der Waals surface area contributed by atoms with Gasteiger partial charge in [0, 0.05) is 18.7 Å². The first kappa shape index (κ1) is 18.2. The zero-order valence-electron chi connectivity index (χ0n) is 15.6. The lowest BCUT2D eigenvalue weighted by Crippen LogP contribution is -2.40. The third-order valence-corrected chi connectivity index (χ3v) is 4.89. The molecule has 26 heavy (non-hydrogen) atoms. The molecule has 136 valence electrons. The minimum Gasteiger partial charge on any atom is -0.466 e. The summed E-state index contributed by atoms with van der Waals surface area (Å²) in [5, 5.41) is 0. The van der Waals surface area contributed by atoms with Crippen LogP contribution < -0.4 is 4.90 Å². The molecule has 0 N–H and O–H groups in total. The van der Waals surface area contributed by atoms with Crippen LogP contribution in [0.2, 0.25) is 0 Å². The number of rotatable bonds is 4. The smallest absolute Gasteiger partial charge is 0.310 e. The van der Waals surface area contributed by atoms with Gasteiger partial charge in [-0.3, -0.25) is 9.59 Å². The van der Waals surface area contributed by atoms with Crippen molar-refractivity contribution in [2.75, 3.05) is 11.5 Å². The van der Waals surface area contributed by atoms with Gasteiger partial charge in [-0.05, 0) is 61.1 Å². The van der Waals surface area contributed by atoms with Crippen LogP contribution in [0.4, 0.5) is 5.69 Å². The van der Waals surface area contributed by atoms with Crippen LogP contribution >= 0.6 is 0 Å². The number of hydrogen-bond acceptors (Lipinski definition) is 3. The molecule has 0 saturated carbocycles. The maximum atomic E-state index is 12.0. The molecule has 1 amide bonds. The minimum absolute atomic E-state index is 0.0921. The predicted octanol–water partition coefficient (Wildman–Crippen LogP) is 4.15. The number of esters is 1. The number of carbonyl (C=O) groups is 2. The molecule has 1 aliphatic heterocycles. The Hall–Kier alpha value is -2.62.